The molecular weight excluding hydrogens is 311 g/mol. The lowest BCUT2D eigenvalue weighted by Crippen LogP contribution is -2.27. The summed E-state index contributed by atoms with van der Waals surface area (Å²) in [6, 6.07) is 8.86. The molecule has 23 heavy (non-hydrogen) atoms. The zero-order chi connectivity index (χ0) is 17.2. The van der Waals surface area contributed by atoms with Gasteiger partial charge in [-0.2, -0.15) is 18.2 Å². The summed E-state index contributed by atoms with van der Waals surface area (Å²) in [5.74, 6) is -0.909. The van der Waals surface area contributed by atoms with Gasteiger partial charge in [0.05, 0.1) is 12.7 Å². The summed E-state index contributed by atoms with van der Waals surface area (Å²) in [4.78, 5) is 12.3. The lowest BCUT2D eigenvalue weighted by Gasteiger charge is -2.19. The van der Waals surface area contributed by atoms with Gasteiger partial charge in [0.1, 0.15) is 11.4 Å². The van der Waals surface area contributed by atoms with Crippen molar-refractivity contribution < 1.29 is 27.9 Å². The first kappa shape index (κ1) is 16.8. The summed E-state index contributed by atoms with van der Waals surface area (Å²) in [7, 11) is 1.23. The van der Waals surface area contributed by atoms with Crippen molar-refractivity contribution in [2.45, 2.75) is 13.1 Å². The summed E-state index contributed by atoms with van der Waals surface area (Å²) in [6.07, 6.45) is -4.60. The molecule has 0 unspecified atom stereocenters. The minimum absolute atomic E-state index is 0.0542. The maximum Gasteiger partial charge on any atom is 0.416 e. The van der Waals surface area contributed by atoms with Crippen molar-refractivity contribution in [2.24, 2.45) is 0 Å². The molecular formula is C16H14F3NO3. The van der Waals surface area contributed by atoms with Crippen molar-refractivity contribution in [3.8, 4) is 5.75 Å². The Morgan fingerprint density at radius 1 is 1.17 bits per heavy atom. The van der Waals surface area contributed by atoms with Crippen LogP contribution < -0.4 is 9.80 Å². The highest BCUT2D eigenvalue weighted by molar-refractivity contribution is 6.05. The number of aryl methyl sites for hydroxylation is 1. The van der Waals surface area contributed by atoms with Crippen molar-refractivity contribution in [3.63, 3.8) is 0 Å². The van der Waals surface area contributed by atoms with Gasteiger partial charge in [-0.05, 0) is 37.3 Å². The van der Waals surface area contributed by atoms with E-state index < -0.39 is 17.6 Å². The van der Waals surface area contributed by atoms with Crippen molar-refractivity contribution in [1.29, 1.82) is 0 Å². The SMILES string of the molecule is COc1ccc(C(F)(F)F)cc1N(O)C(=O)c1cccc(C)c1. The summed E-state index contributed by atoms with van der Waals surface area (Å²) < 4.78 is 43.4. The van der Waals surface area contributed by atoms with Crippen LogP contribution in [0.4, 0.5) is 18.9 Å². The van der Waals surface area contributed by atoms with Crippen LogP contribution >= 0.6 is 0 Å². The molecule has 2 aromatic carbocycles. The van der Waals surface area contributed by atoms with E-state index in [1.165, 1.54) is 19.2 Å². The number of rotatable bonds is 3. The van der Waals surface area contributed by atoms with Crippen LogP contribution in [0.5, 0.6) is 5.75 Å². The molecule has 1 amide bonds. The first-order chi connectivity index (χ1) is 10.7. The molecule has 0 spiro atoms. The third-order valence-electron chi connectivity index (χ3n) is 3.19. The van der Waals surface area contributed by atoms with Crippen LogP contribution in [0.25, 0.3) is 0 Å². The van der Waals surface area contributed by atoms with E-state index in [9.17, 15) is 23.2 Å². The molecule has 2 aromatic rings. The molecule has 0 saturated heterocycles. The zero-order valence-electron chi connectivity index (χ0n) is 12.4. The predicted octanol–water partition coefficient (Wildman–Crippen LogP) is 4.06. The van der Waals surface area contributed by atoms with E-state index in [-0.39, 0.29) is 22.1 Å². The fourth-order valence-corrected chi connectivity index (χ4v) is 2.04. The van der Waals surface area contributed by atoms with E-state index in [1.54, 1.807) is 19.1 Å². The number of halogens is 3. The van der Waals surface area contributed by atoms with Crippen LogP contribution in [0.2, 0.25) is 0 Å². The number of carbonyl (C=O) groups is 1. The first-order valence-corrected chi connectivity index (χ1v) is 6.59. The van der Waals surface area contributed by atoms with Gasteiger partial charge in [-0.15, -0.1) is 0 Å². The van der Waals surface area contributed by atoms with Gasteiger partial charge in [-0.3, -0.25) is 10.0 Å². The molecule has 0 fully saturated rings. The second-order valence-electron chi connectivity index (χ2n) is 4.87. The summed E-state index contributed by atoms with van der Waals surface area (Å²) in [5.41, 5.74) is -0.453. The van der Waals surface area contributed by atoms with Gasteiger partial charge >= 0.3 is 6.18 Å². The Bertz CT molecular complexity index is 729. The van der Waals surface area contributed by atoms with Crippen molar-refractivity contribution in [1.82, 2.24) is 0 Å². The van der Waals surface area contributed by atoms with E-state index >= 15 is 0 Å². The second-order valence-corrected chi connectivity index (χ2v) is 4.87. The third kappa shape index (κ3) is 3.62. The van der Waals surface area contributed by atoms with Gasteiger partial charge in [-0.25, -0.2) is 0 Å². The molecule has 0 aromatic heterocycles. The van der Waals surface area contributed by atoms with Gasteiger partial charge in [0, 0.05) is 5.56 Å². The van der Waals surface area contributed by atoms with Gasteiger partial charge in [-0.1, -0.05) is 17.7 Å². The molecule has 0 saturated carbocycles. The molecule has 0 atom stereocenters. The van der Waals surface area contributed by atoms with Crippen LogP contribution in [-0.4, -0.2) is 18.2 Å². The minimum atomic E-state index is -4.60. The normalized spacial score (nSPS) is 11.2. The molecule has 2 rings (SSSR count). The average molecular weight is 325 g/mol. The number of benzene rings is 2. The fraction of sp³-hybridized carbons (Fsp3) is 0.188. The number of ether oxygens (including phenoxy) is 1. The Morgan fingerprint density at radius 3 is 2.43 bits per heavy atom. The lowest BCUT2D eigenvalue weighted by atomic mass is 10.1. The third-order valence-corrected chi connectivity index (χ3v) is 3.19. The minimum Gasteiger partial charge on any atom is -0.494 e. The van der Waals surface area contributed by atoms with E-state index in [2.05, 4.69) is 0 Å². The smallest absolute Gasteiger partial charge is 0.416 e. The van der Waals surface area contributed by atoms with Gasteiger partial charge in [0.15, 0.2) is 0 Å². The Morgan fingerprint density at radius 2 is 1.87 bits per heavy atom. The Labute approximate surface area is 130 Å². The van der Waals surface area contributed by atoms with Crippen LogP contribution in [0, 0.1) is 6.92 Å². The molecule has 0 aliphatic carbocycles. The lowest BCUT2D eigenvalue weighted by molar-refractivity contribution is -0.137. The Hall–Kier alpha value is -2.54. The number of alkyl halides is 3. The van der Waals surface area contributed by atoms with E-state index in [4.69, 9.17) is 4.74 Å². The van der Waals surface area contributed by atoms with Crippen molar-refractivity contribution in [3.05, 3.63) is 59.2 Å². The standard InChI is InChI=1S/C16H14F3NO3/c1-10-4-3-5-11(8-10)15(21)20(22)13-9-12(16(17,18)19)6-7-14(13)23-2/h3-9,22H,1-2H3. The fourth-order valence-electron chi connectivity index (χ4n) is 2.04. The summed E-state index contributed by atoms with van der Waals surface area (Å²) >= 11 is 0. The number of hydroxylamine groups is 1. The zero-order valence-corrected chi connectivity index (χ0v) is 12.4. The molecule has 4 nitrogen and oxygen atoms in total. The molecule has 0 aliphatic heterocycles. The number of methoxy groups -OCH3 is 1. The van der Waals surface area contributed by atoms with Crippen LogP contribution in [0.3, 0.4) is 0 Å². The first-order valence-electron chi connectivity index (χ1n) is 6.59. The molecule has 7 heteroatoms. The van der Waals surface area contributed by atoms with Crippen molar-refractivity contribution in [2.75, 3.05) is 12.2 Å². The molecule has 122 valence electrons. The van der Waals surface area contributed by atoms with Gasteiger partial charge in [0.25, 0.3) is 5.91 Å². The molecule has 0 radical (unpaired) electrons. The average Bonchev–Trinajstić information content (AvgIpc) is 2.52. The van der Waals surface area contributed by atoms with Crippen LogP contribution in [-0.2, 0) is 6.18 Å². The van der Waals surface area contributed by atoms with E-state index in [1.807, 2.05) is 0 Å². The highest BCUT2D eigenvalue weighted by Gasteiger charge is 2.32. The number of anilines is 1. The predicted molar refractivity (Wildman–Crippen MR) is 77.8 cm³/mol. The van der Waals surface area contributed by atoms with Gasteiger partial charge in [0.2, 0.25) is 0 Å². The van der Waals surface area contributed by atoms with Crippen molar-refractivity contribution >= 4 is 11.6 Å². The number of carbonyl (C=O) groups excluding carboxylic acids is 1. The number of hydrogen-bond acceptors (Lipinski definition) is 3. The van der Waals surface area contributed by atoms with E-state index in [0.717, 1.165) is 17.7 Å². The van der Waals surface area contributed by atoms with Crippen LogP contribution in [0.15, 0.2) is 42.5 Å². The summed E-state index contributed by atoms with van der Waals surface area (Å²) in [5, 5.41) is 10.2. The second kappa shape index (κ2) is 6.29. The molecule has 0 bridgehead atoms. The molecule has 0 aliphatic rings. The monoisotopic (exact) mass is 325 g/mol. The number of amides is 1. The highest BCUT2D eigenvalue weighted by atomic mass is 19.4. The molecule has 1 N–H and O–H groups in total. The number of hydrogen-bond donors (Lipinski definition) is 1. The number of nitrogens with zero attached hydrogens (tertiary/aromatic N) is 1. The van der Waals surface area contributed by atoms with E-state index in [0.29, 0.717) is 6.07 Å². The quantitative estimate of drug-likeness (QED) is 0.684. The summed E-state index contributed by atoms with van der Waals surface area (Å²) in [6.45, 7) is 1.75. The topological polar surface area (TPSA) is 49.8 Å². The highest BCUT2D eigenvalue weighted by Crippen LogP contribution is 2.36. The molecule has 0 heterocycles. The largest absolute Gasteiger partial charge is 0.494 e. The Kier molecular flexibility index (Phi) is 4.60. The van der Waals surface area contributed by atoms with Gasteiger partial charge < -0.3 is 4.74 Å². The maximum absolute atomic E-state index is 12.8. The Balaban J connectivity index is 2.45. The van der Waals surface area contributed by atoms with Crippen LogP contribution in [0.1, 0.15) is 21.5 Å². The maximum atomic E-state index is 12.8.